The lowest BCUT2D eigenvalue weighted by molar-refractivity contribution is 0.155. The first-order valence-electron chi connectivity index (χ1n) is 4.10. The minimum absolute atomic E-state index is 0.233. The fraction of sp³-hybridized carbons (Fsp3) is 1.00. The van der Waals surface area contributed by atoms with E-state index in [0.717, 1.165) is 18.9 Å². The summed E-state index contributed by atoms with van der Waals surface area (Å²) in [4.78, 5) is 0. The van der Waals surface area contributed by atoms with Crippen LogP contribution in [0.2, 0.25) is 0 Å². The van der Waals surface area contributed by atoms with E-state index < -0.39 is 0 Å². The van der Waals surface area contributed by atoms with Gasteiger partial charge in [0.1, 0.15) is 6.23 Å². The molecular formula is C8H17NO. The minimum Gasteiger partial charge on any atom is -0.379 e. The van der Waals surface area contributed by atoms with E-state index in [-0.39, 0.29) is 6.23 Å². The Kier molecular flexibility index (Phi) is 2.69. The van der Waals surface area contributed by atoms with Crippen LogP contribution in [0.1, 0.15) is 26.7 Å². The summed E-state index contributed by atoms with van der Waals surface area (Å²) in [6, 6.07) is 0. The van der Waals surface area contributed by atoms with Crippen LogP contribution in [0.3, 0.4) is 0 Å². The van der Waals surface area contributed by atoms with E-state index in [2.05, 4.69) is 19.2 Å². The minimum atomic E-state index is -0.233. The van der Waals surface area contributed by atoms with Crippen LogP contribution >= 0.6 is 0 Å². The van der Waals surface area contributed by atoms with Gasteiger partial charge in [0, 0.05) is 6.54 Å². The predicted octanol–water partition coefficient (Wildman–Crippen LogP) is 0.960. The van der Waals surface area contributed by atoms with E-state index in [1.165, 1.54) is 6.42 Å². The maximum atomic E-state index is 9.10. The van der Waals surface area contributed by atoms with Crippen molar-refractivity contribution in [2.75, 3.05) is 6.54 Å². The Labute approximate surface area is 62.6 Å². The lowest BCUT2D eigenvalue weighted by Gasteiger charge is -2.09. The van der Waals surface area contributed by atoms with Crippen molar-refractivity contribution in [3.8, 4) is 0 Å². The topological polar surface area (TPSA) is 32.3 Å². The molecule has 60 valence electrons. The Balaban J connectivity index is 2.18. The number of aliphatic hydroxyl groups is 1. The van der Waals surface area contributed by atoms with Gasteiger partial charge in [0.25, 0.3) is 0 Å². The third kappa shape index (κ3) is 2.27. The average molecular weight is 143 g/mol. The summed E-state index contributed by atoms with van der Waals surface area (Å²) in [6.07, 6.45) is 1.95. The zero-order valence-corrected chi connectivity index (χ0v) is 6.80. The van der Waals surface area contributed by atoms with Crippen LogP contribution < -0.4 is 5.32 Å². The van der Waals surface area contributed by atoms with Gasteiger partial charge in [-0.15, -0.1) is 0 Å². The average Bonchev–Trinajstić information content (AvgIpc) is 2.13. The second-order valence-electron chi connectivity index (χ2n) is 3.66. The smallest absolute Gasteiger partial charge is 0.105 e. The fourth-order valence-electron chi connectivity index (χ4n) is 1.63. The van der Waals surface area contributed by atoms with Gasteiger partial charge in [0.2, 0.25) is 0 Å². The largest absolute Gasteiger partial charge is 0.379 e. The Hall–Kier alpha value is -0.0800. The molecule has 0 amide bonds. The van der Waals surface area contributed by atoms with Crippen LogP contribution in [0.5, 0.6) is 0 Å². The SMILES string of the molecule is CC(C)C[C@@H]1CNC(O)C1. The molecule has 2 heteroatoms. The van der Waals surface area contributed by atoms with Crippen molar-refractivity contribution in [3.63, 3.8) is 0 Å². The molecule has 1 saturated heterocycles. The number of rotatable bonds is 2. The van der Waals surface area contributed by atoms with Crippen molar-refractivity contribution in [1.82, 2.24) is 5.32 Å². The van der Waals surface area contributed by atoms with E-state index in [9.17, 15) is 0 Å². The molecule has 0 saturated carbocycles. The predicted molar refractivity (Wildman–Crippen MR) is 41.6 cm³/mol. The van der Waals surface area contributed by atoms with Crippen molar-refractivity contribution in [2.24, 2.45) is 11.8 Å². The highest BCUT2D eigenvalue weighted by Gasteiger charge is 2.21. The normalized spacial score (nSPS) is 33.6. The summed E-state index contributed by atoms with van der Waals surface area (Å²) in [5.41, 5.74) is 0. The Morgan fingerprint density at radius 1 is 1.60 bits per heavy atom. The molecule has 0 aliphatic carbocycles. The molecule has 1 fully saturated rings. The van der Waals surface area contributed by atoms with Crippen LogP contribution in [-0.4, -0.2) is 17.9 Å². The highest BCUT2D eigenvalue weighted by Crippen LogP contribution is 2.19. The fourth-order valence-corrected chi connectivity index (χ4v) is 1.63. The summed E-state index contributed by atoms with van der Waals surface area (Å²) in [5.74, 6) is 1.46. The van der Waals surface area contributed by atoms with Gasteiger partial charge in [-0.25, -0.2) is 0 Å². The second-order valence-corrected chi connectivity index (χ2v) is 3.66. The Morgan fingerprint density at radius 3 is 2.70 bits per heavy atom. The maximum Gasteiger partial charge on any atom is 0.105 e. The lowest BCUT2D eigenvalue weighted by atomic mass is 9.96. The van der Waals surface area contributed by atoms with E-state index in [0.29, 0.717) is 5.92 Å². The summed E-state index contributed by atoms with van der Waals surface area (Å²) < 4.78 is 0. The highest BCUT2D eigenvalue weighted by atomic mass is 16.3. The van der Waals surface area contributed by atoms with Gasteiger partial charge in [-0.1, -0.05) is 13.8 Å². The standard InChI is InChI=1S/C8H17NO/c1-6(2)3-7-4-8(10)9-5-7/h6-10H,3-5H2,1-2H3/t7-,8?/m0/s1. The summed E-state index contributed by atoms with van der Waals surface area (Å²) >= 11 is 0. The van der Waals surface area contributed by atoms with Crippen LogP contribution in [0.25, 0.3) is 0 Å². The van der Waals surface area contributed by atoms with Crippen LogP contribution in [0, 0.1) is 11.8 Å². The molecule has 2 nitrogen and oxygen atoms in total. The molecule has 0 spiro atoms. The van der Waals surface area contributed by atoms with Crippen molar-refractivity contribution >= 4 is 0 Å². The van der Waals surface area contributed by atoms with Crippen LogP contribution in [0.4, 0.5) is 0 Å². The lowest BCUT2D eigenvalue weighted by Crippen LogP contribution is -2.19. The number of hydrogen-bond acceptors (Lipinski definition) is 2. The van der Waals surface area contributed by atoms with Crippen molar-refractivity contribution in [3.05, 3.63) is 0 Å². The quantitative estimate of drug-likeness (QED) is 0.603. The summed E-state index contributed by atoms with van der Waals surface area (Å²) in [6.45, 7) is 5.45. The van der Waals surface area contributed by atoms with Gasteiger partial charge in [-0.05, 0) is 24.7 Å². The van der Waals surface area contributed by atoms with Gasteiger partial charge in [-0.2, -0.15) is 0 Å². The van der Waals surface area contributed by atoms with Gasteiger partial charge in [-0.3, -0.25) is 5.32 Å². The monoisotopic (exact) mass is 143 g/mol. The third-order valence-corrected chi connectivity index (χ3v) is 2.00. The van der Waals surface area contributed by atoms with Gasteiger partial charge in [0.15, 0.2) is 0 Å². The molecule has 2 N–H and O–H groups in total. The van der Waals surface area contributed by atoms with E-state index >= 15 is 0 Å². The Bertz CT molecular complexity index is 103. The second kappa shape index (κ2) is 3.35. The molecule has 1 heterocycles. The highest BCUT2D eigenvalue weighted by molar-refractivity contribution is 4.75. The molecule has 2 atom stereocenters. The molecular weight excluding hydrogens is 126 g/mol. The molecule has 0 bridgehead atoms. The van der Waals surface area contributed by atoms with E-state index in [4.69, 9.17) is 5.11 Å². The van der Waals surface area contributed by atoms with Crippen molar-refractivity contribution in [1.29, 1.82) is 0 Å². The molecule has 10 heavy (non-hydrogen) atoms. The number of nitrogens with one attached hydrogen (secondary N) is 1. The van der Waals surface area contributed by atoms with Crippen molar-refractivity contribution in [2.45, 2.75) is 32.9 Å². The van der Waals surface area contributed by atoms with Gasteiger partial charge >= 0.3 is 0 Å². The molecule has 0 aromatic carbocycles. The number of hydrogen-bond donors (Lipinski definition) is 2. The summed E-state index contributed by atoms with van der Waals surface area (Å²) in [5, 5.41) is 12.1. The van der Waals surface area contributed by atoms with E-state index in [1.54, 1.807) is 0 Å². The number of aliphatic hydroxyl groups excluding tert-OH is 1. The molecule has 0 aromatic rings. The third-order valence-electron chi connectivity index (χ3n) is 2.00. The summed E-state index contributed by atoms with van der Waals surface area (Å²) in [7, 11) is 0. The zero-order valence-electron chi connectivity index (χ0n) is 6.80. The molecule has 0 aromatic heterocycles. The molecule has 1 aliphatic rings. The Morgan fingerprint density at radius 2 is 2.30 bits per heavy atom. The first kappa shape index (κ1) is 8.02. The molecule has 1 rings (SSSR count). The zero-order chi connectivity index (χ0) is 7.56. The van der Waals surface area contributed by atoms with Crippen molar-refractivity contribution < 1.29 is 5.11 Å². The molecule has 0 radical (unpaired) electrons. The van der Waals surface area contributed by atoms with Crippen LogP contribution in [-0.2, 0) is 0 Å². The van der Waals surface area contributed by atoms with E-state index in [1.807, 2.05) is 0 Å². The molecule has 1 aliphatic heterocycles. The first-order valence-corrected chi connectivity index (χ1v) is 4.10. The molecule has 1 unspecified atom stereocenters. The van der Waals surface area contributed by atoms with Gasteiger partial charge in [0.05, 0.1) is 0 Å². The van der Waals surface area contributed by atoms with Gasteiger partial charge < -0.3 is 5.11 Å². The first-order chi connectivity index (χ1) is 4.68. The van der Waals surface area contributed by atoms with Crippen LogP contribution in [0.15, 0.2) is 0 Å². The maximum absolute atomic E-state index is 9.10.